The molecule has 4 aromatic rings. The van der Waals surface area contributed by atoms with Crippen molar-refractivity contribution in [1.29, 1.82) is 0 Å². The molecule has 178 valence electrons. The molecule has 7 nitrogen and oxygen atoms in total. The second-order valence-electron chi connectivity index (χ2n) is 7.65. The van der Waals surface area contributed by atoms with Gasteiger partial charge in [-0.05, 0) is 50.6 Å². The van der Waals surface area contributed by atoms with E-state index in [0.29, 0.717) is 29.3 Å². The minimum absolute atomic E-state index is 0.0252. The smallest absolute Gasteiger partial charge is 0.183 e. The first kappa shape index (κ1) is 24.8. The average Bonchev–Trinajstić information content (AvgIpc) is 3.30. The van der Waals surface area contributed by atoms with Crippen molar-refractivity contribution in [1.82, 2.24) is 14.6 Å². The predicted molar refractivity (Wildman–Crippen MR) is 133 cm³/mol. The van der Waals surface area contributed by atoms with Gasteiger partial charge in [-0.1, -0.05) is 24.6 Å². The summed E-state index contributed by atoms with van der Waals surface area (Å²) in [5.41, 5.74) is 4.02. The maximum Gasteiger partial charge on any atom is 0.183 e. The third-order valence-corrected chi connectivity index (χ3v) is 5.10. The quantitative estimate of drug-likeness (QED) is 0.309. The monoisotopic (exact) mass is 461 g/mol. The second-order valence-corrected chi connectivity index (χ2v) is 7.65. The fourth-order valence-corrected chi connectivity index (χ4v) is 3.36. The van der Waals surface area contributed by atoms with Gasteiger partial charge in [0.2, 0.25) is 0 Å². The summed E-state index contributed by atoms with van der Waals surface area (Å²) >= 11 is 0. The van der Waals surface area contributed by atoms with E-state index in [4.69, 9.17) is 14.2 Å². The fourth-order valence-electron chi connectivity index (χ4n) is 3.36. The van der Waals surface area contributed by atoms with Crippen molar-refractivity contribution in [3.8, 4) is 28.5 Å². The zero-order valence-electron chi connectivity index (χ0n) is 20.4. The van der Waals surface area contributed by atoms with Crippen LogP contribution in [0.1, 0.15) is 42.7 Å². The van der Waals surface area contributed by atoms with Crippen LogP contribution in [-0.4, -0.2) is 41.2 Å². The summed E-state index contributed by atoms with van der Waals surface area (Å²) in [6.45, 7) is 6.76. The van der Waals surface area contributed by atoms with Crippen molar-refractivity contribution in [2.24, 2.45) is 0 Å². The van der Waals surface area contributed by atoms with Gasteiger partial charge >= 0.3 is 0 Å². The van der Waals surface area contributed by atoms with E-state index in [-0.39, 0.29) is 5.78 Å². The molecule has 2 heterocycles. The van der Waals surface area contributed by atoms with Crippen LogP contribution in [0.4, 0.5) is 0 Å². The van der Waals surface area contributed by atoms with Crippen LogP contribution in [-0.2, 0) is 0 Å². The number of nitrogens with zero attached hydrogens (tertiary/aromatic N) is 3. The number of ether oxygens (including phenoxy) is 3. The zero-order valence-corrected chi connectivity index (χ0v) is 20.4. The molecule has 0 fully saturated rings. The number of rotatable bonds is 8. The molecule has 0 radical (unpaired) electrons. The van der Waals surface area contributed by atoms with Gasteiger partial charge in [0.15, 0.2) is 11.4 Å². The summed E-state index contributed by atoms with van der Waals surface area (Å²) in [7, 11) is 3.21. The van der Waals surface area contributed by atoms with Gasteiger partial charge in [-0.25, -0.2) is 9.50 Å². The number of aromatic nitrogens is 3. The lowest BCUT2D eigenvalue weighted by Crippen LogP contribution is -2.01. The molecule has 4 rings (SSSR count). The van der Waals surface area contributed by atoms with E-state index in [1.165, 1.54) is 5.56 Å². The molecule has 0 aliphatic carbocycles. The summed E-state index contributed by atoms with van der Waals surface area (Å²) in [5, 5.41) is 4.44. The average molecular weight is 462 g/mol. The molecule has 0 atom stereocenters. The molecule has 0 saturated heterocycles. The largest absolute Gasteiger partial charge is 0.497 e. The minimum atomic E-state index is 0.0252. The Balaban J connectivity index is 0.000000271. The Labute approximate surface area is 200 Å². The fraction of sp³-hybridized carbons (Fsp3) is 0.296. The molecule has 0 aliphatic rings. The minimum Gasteiger partial charge on any atom is -0.497 e. The van der Waals surface area contributed by atoms with Crippen molar-refractivity contribution in [3.05, 3.63) is 72.1 Å². The highest BCUT2D eigenvalue weighted by Gasteiger charge is 2.14. The van der Waals surface area contributed by atoms with Gasteiger partial charge < -0.3 is 14.2 Å². The van der Waals surface area contributed by atoms with Crippen molar-refractivity contribution < 1.29 is 19.0 Å². The molecule has 0 spiro atoms. The molecule has 0 unspecified atom stereocenters. The van der Waals surface area contributed by atoms with Crippen LogP contribution in [0.5, 0.6) is 17.2 Å². The first-order valence-electron chi connectivity index (χ1n) is 11.3. The highest BCUT2D eigenvalue weighted by Crippen LogP contribution is 2.30. The lowest BCUT2D eigenvalue weighted by Gasteiger charge is -2.09. The number of hydrogen-bond donors (Lipinski definition) is 0. The molecule has 2 aromatic carbocycles. The Morgan fingerprint density at radius 2 is 1.59 bits per heavy atom. The molecular weight excluding hydrogens is 430 g/mol. The standard InChI is InChI=1S/C18H19N3O3.C9H12O/c1-4-5-17(22)15-11-18-19-7-6-16(21(18)20-15)12-8-13(23-2)10-14(9-12)24-3;1-3-10-9-6-4-8(2)5-7-9/h6-11H,4-5H2,1-3H3;4-7H,3H2,1-2H3. The van der Waals surface area contributed by atoms with E-state index in [0.717, 1.165) is 30.0 Å². The van der Waals surface area contributed by atoms with Crippen LogP contribution < -0.4 is 14.2 Å². The Morgan fingerprint density at radius 1 is 0.912 bits per heavy atom. The van der Waals surface area contributed by atoms with Gasteiger partial charge in [-0.3, -0.25) is 4.79 Å². The number of aryl methyl sites for hydroxylation is 1. The van der Waals surface area contributed by atoms with Crippen molar-refractivity contribution in [3.63, 3.8) is 0 Å². The van der Waals surface area contributed by atoms with Gasteiger partial charge in [-0.15, -0.1) is 0 Å². The van der Waals surface area contributed by atoms with Crippen LogP contribution in [0.2, 0.25) is 0 Å². The van der Waals surface area contributed by atoms with Crippen LogP contribution in [0.25, 0.3) is 16.9 Å². The number of carbonyl (C=O) groups excluding carboxylic acids is 1. The lowest BCUT2D eigenvalue weighted by atomic mass is 10.1. The molecule has 0 aliphatic heterocycles. The zero-order chi connectivity index (χ0) is 24.5. The Hall–Kier alpha value is -3.87. The summed E-state index contributed by atoms with van der Waals surface area (Å²) in [6, 6.07) is 17.2. The highest BCUT2D eigenvalue weighted by atomic mass is 16.5. The molecular formula is C27H31N3O4. The predicted octanol–water partition coefficient (Wildman–Crippen LogP) is 5.79. The number of ketones is 1. The molecule has 0 amide bonds. The number of hydrogen-bond acceptors (Lipinski definition) is 6. The van der Waals surface area contributed by atoms with Crippen molar-refractivity contribution in [2.75, 3.05) is 20.8 Å². The molecule has 2 aromatic heterocycles. The maximum absolute atomic E-state index is 12.1. The van der Waals surface area contributed by atoms with Crippen LogP contribution >= 0.6 is 0 Å². The number of Topliss-reactive ketones (excluding diaryl/α,β-unsaturated/α-hetero) is 1. The molecule has 0 N–H and O–H groups in total. The summed E-state index contributed by atoms with van der Waals surface area (Å²) in [4.78, 5) is 16.4. The number of benzene rings is 2. The van der Waals surface area contributed by atoms with Crippen molar-refractivity contribution >= 4 is 11.4 Å². The Morgan fingerprint density at radius 3 is 2.18 bits per heavy atom. The Kier molecular flexibility index (Phi) is 8.62. The highest BCUT2D eigenvalue weighted by molar-refractivity contribution is 5.95. The van der Waals surface area contributed by atoms with E-state index in [2.05, 4.69) is 17.0 Å². The third kappa shape index (κ3) is 6.13. The number of carbonyl (C=O) groups is 1. The topological polar surface area (TPSA) is 75.0 Å². The van der Waals surface area contributed by atoms with E-state index >= 15 is 0 Å². The summed E-state index contributed by atoms with van der Waals surface area (Å²) in [5.74, 6) is 2.35. The van der Waals surface area contributed by atoms with E-state index in [1.807, 2.05) is 56.3 Å². The van der Waals surface area contributed by atoms with Crippen molar-refractivity contribution in [2.45, 2.75) is 33.6 Å². The van der Waals surface area contributed by atoms with E-state index in [1.54, 1.807) is 37.1 Å². The van der Waals surface area contributed by atoms with Gasteiger partial charge in [0.25, 0.3) is 0 Å². The maximum atomic E-state index is 12.1. The first-order valence-corrected chi connectivity index (χ1v) is 11.3. The van der Waals surface area contributed by atoms with Gasteiger partial charge in [0.05, 0.1) is 26.5 Å². The number of fused-ring (bicyclic) bond motifs is 1. The molecule has 0 saturated carbocycles. The van der Waals surface area contributed by atoms with E-state index < -0.39 is 0 Å². The molecule has 34 heavy (non-hydrogen) atoms. The summed E-state index contributed by atoms with van der Waals surface area (Å²) < 4.78 is 17.6. The van der Waals surface area contributed by atoms with Gasteiger partial charge in [0, 0.05) is 30.3 Å². The lowest BCUT2D eigenvalue weighted by molar-refractivity contribution is 0.0976. The van der Waals surface area contributed by atoms with Crippen LogP contribution in [0.15, 0.2) is 60.8 Å². The van der Waals surface area contributed by atoms with Crippen LogP contribution in [0, 0.1) is 6.92 Å². The third-order valence-electron chi connectivity index (χ3n) is 5.10. The first-order chi connectivity index (χ1) is 16.5. The SMILES string of the molecule is CCCC(=O)c1cc2nccc(-c3cc(OC)cc(OC)c3)n2n1.CCOc1ccc(C)cc1. The number of methoxy groups -OCH3 is 2. The normalized spacial score (nSPS) is 10.4. The Bertz CT molecular complexity index is 1210. The van der Waals surface area contributed by atoms with E-state index in [9.17, 15) is 4.79 Å². The van der Waals surface area contributed by atoms with Gasteiger partial charge in [-0.2, -0.15) is 5.10 Å². The summed E-state index contributed by atoms with van der Waals surface area (Å²) in [6.07, 6.45) is 2.97. The van der Waals surface area contributed by atoms with Crippen LogP contribution in [0.3, 0.4) is 0 Å². The van der Waals surface area contributed by atoms with Gasteiger partial charge in [0.1, 0.15) is 22.9 Å². The molecule has 0 bridgehead atoms. The second kappa shape index (κ2) is 11.8. The molecule has 7 heteroatoms.